The van der Waals surface area contributed by atoms with Crippen molar-refractivity contribution in [1.82, 2.24) is 10.2 Å². The summed E-state index contributed by atoms with van der Waals surface area (Å²) >= 11 is 0. The summed E-state index contributed by atoms with van der Waals surface area (Å²) in [5, 5.41) is 3.43. The van der Waals surface area contributed by atoms with Crippen LogP contribution >= 0.6 is 24.8 Å². The molecule has 2 aliphatic rings. The summed E-state index contributed by atoms with van der Waals surface area (Å²) in [6, 6.07) is 1.70. The zero-order chi connectivity index (χ0) is 7.68. The molecule has 4 heteroatoms. The second-order valence-electron chi connectivity index (χ2n) is 3.88. The molecule has 0 bridgehead atoms. The minimum atomic E-state index is 0. The lowest BCUT2D eigenvalue weighted by Gasteiger charge is -2.27. The summed E-state index contributed by atoms with van der Waals surface area (Å²) in [6.07, 6.45) is 4.19. The molecular weight excluding hydrogens is 207 g/mol. The van der Waals surface area contributed by atoms with Crippen LogP contribution in [0.1, 0.15) is 26.2 Å². The number of hydrogen-bond acceptors (Lipinski definition) is 2. The van der Waals surface area contributed by atoms with Gasteiger partial charge in [-0.2, -0.15) is 0 Å². The van der Waals surface area contributed by atoms with E-state index in [-0.39, 0.29) is 24.8 Å². The van der Waals surface area contributed by atoms with Crippen molar-refractivity contribution >= 4 is 24.8 Å². The highest BCUT2D eigenvalue weighted by molar-refractivity contribution is 5.85. The first-order valence-electron chi connectivity index (χ1n) is 4.84. The lowest BCUT2D eigenvalue weighted by Crippen LogP contribution is -2.38. The van der Waals surface area contributed by atoms with Crippen LogP contribution in [0.5, 0.6) is 0 Å². The Morgan fingerprint density at radius 1 is 1.23 bits per heavy atom. The fourth-order valence-electron chi connectivity index (χ4n) is 2.42. The van der Waals surface area contributed by atoms with Gasteiger partial charge in [-0.1, -0.05) is 0 Å². The Bertz CT molecular complexity index is 138. The highest BCUT2D eigenvalue weighted by Gasteiger charge is 2.29. The molecule has 2 saturated heterocycles. The van der Waals surface area contributed by atoms with Crippen molar-refractivity contribution in [3.63, 3.8) is 0 Å². The summed E-state index contributed by atoms with van der Waals surface area (Å²) in [4.78, 5) is 2.68. The van der Waals surface area contributed by atoms with Crippen LogP contribution in [-0.4, -0.2) is 36.6 Å². The third-order valence-electron chi connectivity index (χ3n) is 3.11. The van der Waals surface area contributed by atoms with Crippen LogP contribution in [0.3, 0.4) is 0 Å². The number of likely N-dealkylation sites (tertiary alicyclic amines) is 1. The molecule has 0 aromatic heterocycles. The van der Waals surface area contributed by atoms with E-state index in [1.54, 1.807) is 0 Å². The highest BCUT2D eigenvalue weighted by Crippen LogP contribution is 2.21. The fourth-order valence-corrected chi connectivity index (χ4v) is 2.42. The molecule has 0 unspecified atom stereocenters. The average Bonchev–Trinajstić information content (AvgIpc) is 2.55. The van der Waals surface area contributed by atoms with E-state index in [0.717, 1.165) is 12.1 Å². The molecule has 0 aromatic carbocycles. The topological polar surface area (TPSA) is 15.3 Å². The lowest BCUT2D eigenvalue weighted by atomic mass is 10.2. The largest absolute Gasteiger partial charge is 0.315 e. The van der Waals surface area contributed by atoms with Crippen molar-refractivity contribution in [2.24, 2.45) is 0 Å². The molecule has 0 aromatic rings. The van der Waals surface area contributed by atoms with Gasteiger partial charge in [0, 0.05) is 18.6 Å². The summed E-state index contributed by atoms with van der Waals surface area (Å²) in [5.74, 6) is 0. The van der Waals surface area contributed by atoms with Gasteiger partial charge in [-0.05, 0) is 39.3 Å². The third kappa shape index (κ3) is 2.98. The number of nitrogens with one attached hydrogen (secondary N) is 1. The van der Waals surface area contributed by atoms with Gasteiger partial charge in [0.05, 0.1) is 0 Å². The van der Waals surface area contributed by atoms with Gasteiger partial charge in [0.25, 0.3) is 0 Å². The molecule has 0 amide bonds. The smallest absolute Gasteiger partial charge is 0.0235 e. The zero-order valence-electron chi connectivity index (χ0n) is 8.16. The molecular formula is C9H20Cl2N2. The quantitative estimate of drug-likeness (QED) is 0.733. The van der Waals surface area contributed by atoms with Gasteiger partial charge < -0.3 is 5.32 Å². The Kier molecular flexibility index (Phi) is 6.31. The maximum absolute atomic E-state index is 3.43. The molecule has 0 radical (unpaired) electrons. The van der Waals surface area contributed by atoms with E-state index in [9.17, 15) is 0 Å². The number of halogens is 2. The van der Waals surface area contributed by atoms with Crippen molar-refractivity contribution < 1.29 is 0 Å². The van der Waals surface area contributed by atoms with E-state index < -0.39 is 0 Å². The van der Waals surface area contributed by atoms with Crippen LogP contribution in [0.15, 0.2) is 0 Å². The number of nitrogens with zero attached hydrogens (tertiary/aromatic N) is 1. The second kappa shape index (κ2) is 6.07. The zero-order valence-corrected chi connectivity index (χ0v) is 9.79. The molecule has 13 heavy (non-hydrogen) atoms. The number of hydrogen-bond donors (Lipinski definition) is 1. The highest BCUT2D eigenvalue weighted by atomic mass is 35.5. The van der Waals surface area contributed by atoms with Crippen LogP contribution in [0.25, 0.3) is 0 Å². The van der Waals surface area contributed by atoms with Gasteiger partial charge in [-0.3, -0.25) is 4.90 Å². The van der Waals surface area contributed by atoms with Gasteiger partial charge in [0.2, 0.25) is 0 Å². The first-order chi connectivity index (χ1) is 5.38. The molecule has 2 fully saturated rings. The van der Waals surface area contributed by atoms with E-state index in [1.165, 1.54) is 38.9 Å². The van der Waals surface area contributed by atoms with Crippen LogP contribution in [0.2, 0.25) is 0 Å². The van der Waals surface area contributed by atoms with Crippen LogP contribution in [0, 0.1) is 0 Å². The Labute approximate surface area is 93.3 Å². The average molecular weight is 227 g/mol. The number of rotatable bonds is 1. The van der Waals surface area contributed by atoms with E-state index >= 15 is 0 Å². The minimum Gasteiger partial charge on any atom is -0.315 e. The van der Waals surface area contributed by atoms with Crippen molar-refractivity contribution in [2.75, 3.05) is 19.6 Å². The lowest BCUT2D eigenvalue weighted by molar-refractivity contribution is 0.202. The molecule has 0 aliphatic carbocycles. The molecule has 0 spiro atoms. The Morgan fingerprint density at radius 3 is 2.46 bits per heavy atom. The summed E-state index contributed by atoms with van der Waals surface area (Å²) in [7, 11) is 0. The maximum atomic E-state index is 3.43. The predicted molar refractivity (Wildman–Crippen MR) is 61.2 cm³/mol. The van der Waals surface area contributed by atoms with Crippen molar-refractivity contribution in [3.05, 3.63) is 0 Å². The van der Waals surface area contributed by atoms with Crippen LogP contribution in [-0.2, 0) is 0 Å². The molecule has 2 rings (SSSR count). The van der Waals surface area contributed by atoms with Gasteiger partial charge in [-0.15, -0.1) is 24.8 Å². The molecule has 2 atom stereocenters. The Balaban J connectivity index is 0.000000720. The normalized spacial score (nSPS) is 33.9. The first kappa shape index (κ1) is 13.5. The Morgan fingerprint density at radius 2 is 2.00 bits per heavy atom. The van der Waals surface area contributed by atoms with Crippen molar-refractivity contribution in [3.8, 4) is 0 Å². The van der Waals surface area contributed by atoms with Gasteiger partial charge >= 0.3 is 0 Å². The van der Waals surface area contributed by atoms with Crippen molar-refractivity contribution in [1.29, 1.82) is 0 Å². The van der Waals surface area contributed by atoms with Gasteiger partial charge in [0.1, 0.15) is 0 Å². The molecule has 1 N–H and O–H groups in total. The van der Waals surface area contributed by atoms with E-state index in [2.05, 4.69) is 17.1 Å². The molecule has 2 nitrogen and oxygen atoms in total. The molecule has 2 aliphatic heterocycles. The summed E-state index contributed by atoms with van der Waals surface area (Å²) in [5.41, 5.74) is 0. The van der Waals surface area contributed by atoms with Crippen molar-refractivity contribution in [2.45, 2.75) is 38.3 Å². The minimum absolute atomic E-state index is 0. The summed E-state index contributed by atoms with van der Waals surface area (Å²) < 4.78 is 0. The predicted octanol–water partition coefficient (Wildman–Crippen LogP) is 1.68. The van der Waals surface area contributed by atoms with Gasteiger partial charge in [-0.25, -0.2) is 0 Å². The standard InChI is InChI=1S/C9H18N2.2ClH/c1-8-3-2-6-11(8)9-4-5-10-7-9;;/h8-10H,2-7H2,1H3;2*1H/t8-,9-;;/m0../s1. The maximum Gasteiger partial charge on any atom is 0.0235 e. The van der Waals surface area contributed by atoms with Crippen LogP contribution < -0.4 is 5.32 Å². The monoisotopic (exact) mass is 226 g/mol. The molecule has 2 heterocycles. The SMILES string of the molecule is C[C@H]1CCCN1[C@H]1CCNC1.Cl.Cl. The van der Waals surface area contributed by atoms with Gasteiger partial charge in [0.15, 0.2) is 0 Å². The fraction of sp³-hybridized carbons (Fsp3) is 1.00. The van der Waals surface area contributed by atoms with E-state index in [0.29, 0.717) is 0 Å². The molecule has 80 valence electrons. The van der Waals surface area contributed by atoms with Crippen LogP contribution in [0.4, 0.5) is 0 Å². The first-order valence-corrected chi connectivity index (χ1v) is 4.84. The van der Waals surface area contributed by atoms with E-state index in [1.807, 2.05) is 0 Å². The van der Waals surface area contributed by atoms with E-state index in [4.69, 9.17) is 0 Å². The third-order valence-corrected chi connectivity index (χ3v) is 3.11. The second-order valence-corrected chi connectivity index (χ2v) is 3.88. The molecule has 0 saturated carbocycles. The Hall–Kier alpha value is 0.500. The summed E-state index contributed by atoms with van der Waals surface area (Å²) in [6.45, 7) is 6.16.